The van der Waals surface area contributed by atoms with E-state index in [2.05, 4.69) is 69.2 Å². The van der Waals surface area contributed by atoms with Gasteiger partial charge >= 0.3 is 0 Å². The third kappa shape index (κ3) is 3.82. The van der Waals surface area contributed by atoms with Crippen LogP contribution in [0.2, 0.25) is 19.6 Å². The maximum Gasteiger partial charge on any atom is 0.0691 e. The average Bonchev–Trinajstić information content (AvgIpc) is 2.25. The average molecular weight is 230 g/mol. The lowest BCUT2D eigenvalue weighted by Gasteiger charge is -2.18. The highest BCUT2D eigenvalue weighted by Crippen LogP contribution is 2.26. The number of benzene rings is 1. The third-order valence-corrected chi connectivity index (χ3v) is 3.72. The van der Waals surface area contributed by atoms with Crippen molar-refractivity contribution in [3.8, 4) is 0 Å². The molecule has 0 nitrogen and oxygen atoms in total. The molecule has 1 unspecified atom stereocenters. The van der Waals surface area contributed by atoms with Crippen LogP contribution in [0.25, 0.3) is 5.57 Å². The van der Waals surface area contributed by atoms with Crippen molar-refractivity contribution in [1.82, 2.24) is 0 Å². The van der Waals surface area contributed by atoms with Crippen LogP contribution in [0.15, 0.2) is 48.7 Å². The summed E-state index contributed by atoms with van der Waals surface area (Å²) >= 11 is 0. The minimum atomic E-state index is -1.19. The molecule has 1 atom stereocenters. The van der Waals surface area contributed by atoms with Crippen LogP contribution in [0.3, 0.4) is 0 Å². The van der Waals surface area contributed by atoms with E-state index >= 15 is 0 Å². The first kappa shape index (κ1) is 13.0. The van der Waals surface area contributed by atoms with Gasteiger partial charge in [0, 0.05) is 0 Å². The molecule has 0 aliphatic heterocycles. The van der Waals surface area contributed by atoms with Gasteiger partial charge < -0.3 is 0 Å². The van der Waals surface area contributed by atoms with Crippen molar-refractivity contribution in [3.63, 3.8) is 0 Å². The topological polar surface area (TPSA) is 0 Å². The van der Waals surface area contributed by atoms with Crippen molar-refractivity contribution in [2.45, 2.75) is 26.6 Å². The van der Waals surface area contributed by atoms with Crippen LogP contribution >= 0.6 is 0 Å². The lowest BCUT2D eigenvalue weighted by Crippen LogP contribution is -2.17. The summed E-state index contributed by atoms with van der Waals surface area (Å²) in [5, 5.41) is 0. The fourth-order valence-electron chi connectivity index (χ4n) is 1.70. The van der Waals surface area contributed by atoms with Gasteiger partial charge in [0.2, 0.25) is 0 Å². The van der Waals surface area contributed by atoms with Gasteiger partial charge in [-0.3, -0.25) is 0 Å². The summed E-state index contributed by atoms with van der Waals surface area (Å²) in [4.78, 5) is 0. The normalized spacial score (nSPS) is 14.6. The first-order valence-corrected chi connectivity index (χ1v) is 9.42. The molecule has 0 saturated heterocycles. The Kier molecular flexibility index (Phi) is 4.31. The predicted molar refractivity (Wildman–Crippen MR) is 77.1 cm³/mol. The highest BCUT2D eigenvalue weighted by molar-refractivity contribution is 6.81. The van der Waals surface area contributed by atoms with E-state index in [-0.39, 0.29) is 0 Å². The molecule has 1 rings (SSSR count). The second-order valence-corrected chi connectivity index (χ2v) is 10.4. The first-order chi connectivity index (χ1) is 7.44. The third-order valence-electron chi connectivity index (χ3n) is 2.54. The number of hydrogen-bond acceptors (Lipinski definition) is 0. The largest absolute Gasteiger partial charge is 0.102 e. The van der Waals surface area contributed by atoms with E-state index in [4.69, 9.17) is 0 Å². The Bertz CT molecular complexity index is 368. The monoisotopic (exact) mass is 230 g/mol. The van der Waals surface area contributed by atoms with E-state index in [0.717, 1.165) is 0 Å². The van der Waals surface area contributed by atoms with Crippen molar-refractivity contribution in [2.24, 2.45) is 5.92 Å². The molecular weight excluding hydrogens is 208 g/mol. The van der Waals surface area contributed by atoms with Gasteiger partial charge in [0.1, 0.15) is 0 Å². The Morgan fingerprint density at radius 1 is 1.19 bits per heavy atom. The Labute approximate surface area is 101 Å². The Morgan fingerprint density at radius 3 is 2.19 bits per heavy atom. The Balaban J connectivity index is 3.17. The molecule has 16 heavy (non-hydrogen) atoms. The molecule has 0 bridgehead atoms. The van der Waals surface area contributed by atoms with Crippen molar-refractivity contribution >= 4 is 13.6 Å². The molecule has 86 valence electrons. The summed E-state index contributed by atoms with van der Waals surface area (Å²) in [6.45, 7) is 13.2. The maximum absolute atomic E-state index is 3.91. The SMILES string of the molecule is C=CC(C)/C(=C/[Si](C)(C)C)c1ccccc1. The molecule has 0 amide bonds. The molecule has 0 spiro atoms. The molecule has 1 heteroatoms. The Morgan fingerprint density at radius 2 is 1.75 bits per heavy atom. The first-order valence-electron chi connectivity index (χ1n) is 5.85. The van der Waals surface area contributed by atoms with Crippen molar-refractivity contribution in [1.29, 1.82) is 0 Å². The van der Waals surface area contributed by atoms with Crippen molar-refractivity contribution in [2.75, 3.05) is 0 Å². The molecule has 0 saturated carbocycles. The van der Waals surface area contributed by atoms with Gasteiger partial charge in [0.25, 0.3) is 0 Å². The van der Waals surface area contributed by atoms with Gasteiger partial charge in [0.05, 0.1) is 8.07 Å². The van der Waals surface area contributed by atoms with Crippen LogP contribution in [0, 0.1) is 5.92 Å². The van der Waals surface area contributed by atoms with Gasteiger partial charge in [-0.15, -0.1) is 6.58 Å². The number of rotatable bonds is 4. The zero-order valence-corrected chi connectivity index (χ0v) is 11.8. The molecule has 0 aliphatic rings. The van der Waals surface area contributed by atoms with Crippen LogP contribution in [0.4, 0.5) is 0 Å². The van der Waals surface area contributed by atoms with Gasteiger partial charge in [-0.2, -0.15) is 0 Å². The summed E-state index contributed by atoms with van der Waals surface area (Å²) in [5.74, 6) is 0.425. The second-order valence-electron chi connectivity index (χ2n) is 5.36. The highest BCUT2D eigenvalue weighted by Gasteiger charge is 2.14. The van der Waals surface area contributed by atoms with Crippen LogP contribution in [-0.4, -0.2) is 8.07 Å². The van der Waals surface area contributed by atoms with Gasteiger partial charge in [-0.1, -0.05) is 68.7 Å². The van der Waals surface area contributed by atoms with E-state index in [1.807, 2.05) is 6.08 Å². The molecule has 0 radical (unpaired) electrons. The lowest BCUT2D eigenvalue weighted by atomic mass is 9.96. The fourth-order valence-corrected chi connectivity index (χ4v) is 3.06. The van der Waals surface area contributed by atoms with E-state index < -0.39 is 8.07 Å². The summed E-state index contributed by atoms with van der Waals surface area (Å²) in [5.41, 5.74) is 5.24. The van der Waals surface area contributed by atoms with Gasteiger partial charge in [-0.05, 0) is 17.1 Å². The van der Waals surface area contributed by atoms with Crippen molar-refractivity contribution < 1.29 is 0 Å². The van der Waals surface area contributed by atoms with Crippen LogP contribution in [-0.2, 0) is 0 Å². The van der Waals surface area contributed by atoms with Crippen LogP contribution < -0.4 is 0 Å². The quantitative estimate of drug-likeness (QED) is 0.516. The standard InChI is InChI=1S/C15H22Si/c1-6-13(2)15(12-16(3,4)5)14-10-8-7-9-11-14/h6-13H,1H2,2-5H3/b15-12-. The van der Waals surface area contributed by atoms with Gasteiger partial charge in [-0.25, -0.2) is 0 Å². The van der Waals surface area contributed by atoms with E-state index in [9.17, 15) is 0 Å². The number of allylic oxidation sites excluding steroid dienone is 2. The van der Waals surface area contributed by atoms with Crippen molar-refractivity contribution in [3.05, 3.63) is 54.2 Å². The van der Waals surface area contributed by atoms with E-state index in [1.165, 1.54) is 11.1 Å². The molecule has 1 aromatic rings. The van der Waals surface area contributed by atoms with Gasteiger partial charge in [0.15, 0.2) is 0 Å². The molecule has 0 fully saturated rings. The zero-order chi connectivity index (χ0) is 12.2. The molecule has 0 aromatic heterocycles. The van der Waals surface area contributed by atoms with E-state index in [0.29, 0.717) is 5.92 Å². The second kappa shape index (κ2) is 5.31. The molecular formula is C15H22Si. The van der Waals surface area contributed by atoms with Crippen LogP contribution in [0.5, 0.6) is 0 Å². The minimum absolute atomic E-state index is 0.425. The fraction of sp³-hybridized carbons (Fsp3) is 0.333. The van der Waals surface area contributed by atoms with E-state index in [1.54, 1.807) is 0 Å². The minimum Gasteiger partial charge on any atom is -0.102 e. The predicted octanol–water partition coefficient (Wildman–Crippen LogP) is 4.77. The Hall–Kier alpha value is -1.08. The molecule has 1 aromatic carbocycles. The highest BCUT2D eigenvalue weighted by atomic mass is 28.3. The molecule has 0 aliphatic carbocycles. The molecule has 0 heterocycles. The number of hydrogen-bond donors (Lipinski definition) is 0. The molecule has 0 N–H and O–H groups in total. The maximum atomic E-state index is 3.91. The summed E-state index contributed by atoms with van der Waals surface area (Å²) in [6, 6.07) is 10.6. The zero-order valence-electron chi connectivity index (χ0n) is 10.8. The lowest BCUT2D eigenvalue weighted by molar-refractivity contribution is 0.969. The summed E-state index contributed by atoms with van der Waals surface area (Å²) in [6.07, 6.45) is 2.03. The van der Waals surface area contributed by atoms with Crippen LogP contribution in [0.1, 0.15) is 12.5 Å². The smallest absolute Gasteiger partial charge is 0.0691 e. The summed E-state index contributed by atoms with van der Waals surface area (Å²) in [7, 11) is -1.19. The summed E-state index contributed by atoms with van der Waals surface area (Å²) < 4.78 is 0.